The molecule has 0 N–H and O–H groups in total. The van der Waals surface area contributed by atoms with Gasteiger partial charge in [0.15, 0.2) is 11.9 Å². The molecule has 4 rings (SSSR count). The van der Waals surface area contributed by atoms with Gasteiger partial charge in [0.25, 0.3) is 0 Å². The van der Waals surface area contributed by atoms with E-state index in [1.807, 2.05) is 0 Å². The first-order valence-corrected chi connectivity index (χ1v) is 10.5. The van der Waals surface area contributed by atoms with Gasteiger partial charge in [-0.25, -0.2) is 0 Å². The van der Waals surface area contributed by atoms with Crippen LogP contribution in [0.3, 0.4) is 0 Å². The minimum Gasteiger partial charge on any atom is -0.454 e. The van der Waals surface area contributed by atoms with Gasteiger partial charge in [0.05, 0.1) is 0 Å². The van der Waals surface area contributed by atoms with E-state index in [4.69, 9.17) is 4.74 Å². The maximum atomic E-state index is 12.7. The fourth-order valence-corrected chi connectivity index (χ4v) is 7.59. The Labute approximate surface area is 152 Å². The summed E-state index contributed by atoms with van der Waals surface area (Å²) < 4.78 is 5.53. The van der Waals surface area contributed by atoms with Crippen molar-refractivity contribution in [3.63, 3.8) is 0 Å². The van der Waals surface area contributed by atoms with E-state index in [1.165, 1.54) is 45.4 Å². The molecule has 140 valence electrons. The molecule has 0 aromatic heterocycles. The van der Waals surface area contributed by atoms with Crippen LogP contribution >= 0.6 is 0 Å². The van der Waals surface area contributed by atoms with Gasteiger partial charge in [-0.05, 0) is 73.5 Å². The minimum absolute atomic E-state index is 0.130. The zero-order valence-electron chi connectivity index (χ0n) is 16.3. The number of rotatable bonds is 1. The Kier molecular flexibility index (Phi) is 4.09. The molecule has 0 aromatic carbocycles. The van der Waals surface area contributed by atoms with Gasteiger partial charge in [-0.2, -0.15) is 0 Å². The van der Waals surface area contributed by atoms with Crippen molar-refractivity contribution in [2.75, 3.05) is 0 Å². The van der Waals surface area contributed by atoms with Crippen LogP contribution in [0.2, 0.25) is 0 Å². The summed E-state index contributed by atoms with van der Waals surface area (Å²) in [7, 11) is 0. The number of hydrogen-bond donors (Lipinski definition) is 0. The van der Waals surface area contributed by atoms with E-state index >= 15 is 0 Å². The zero-order valence-corrected chi connectivity index (χ0v) is 16.3. The number of ketones is 1. The highest BCUT2D eigenvalue weighted by molar-refractivity contribution is 5.89. The summed E-state index contributed by atoms with van der Waals surface area (Å²) >= 11 is 0. The average Bonchev–Trinajstić information content (AvgIpc) is 2.79. The highest BCUT2D eigenvalue weighted by Crippen LogP contribution is 2.66. The number of esters is 1. The summed E-state index contributed by atoms with van der Waals surface area (Å²) in [6.07, 6.45) is 9.14. The van der Waals surface area contributed by atoms with Crippen molar-refractivity contribution < 1.29 is 14.3 Å². The molecule has 4 aliphatic carbocycles. The van der Waals surface area contributed by atoms with Crippen LogP contribution in [-0.2, 0) is 14.3 Å². The molecule has 0 aromatic rings. The van der Waals surface area contributed by atoms with Gasteiger partial charge >= 0.3 is 5.97 Å². The highest BCUT2D eigenvalue weighted by atomic mass is 16.5. The monoisotopic (exact) mass is 346 g/mol. The van der Waals surface area contributed by atoms with Crippen molar-refractivity contribution in [2.45, 2.75) is 85.2 Å². The molecule has 25 heavy (non-hydrogen) atoms. The predicted octanol–water partition coefficient (Wildman–Crippen LogP) is 4.78. The topological polar surface area (TPSA) is 43.4 Å². The summed E-state index contributed by atoms with van der Waals surface area (Å²) in [5.74, 6) is 3.46. The van der Waals surface area contributed by atoms with Crippen LogP contribution < -0.4 is 0 Å². The van der Waals surface area contributed by atoms with Gasteiger partial charge in [0.1, 0.15) is 0 Å². The molecular weight excluding hydrogens is 312 g/mol. The molecule has 3 nitrogen and oxygen atoms in total. The Balaban J connectivity index is 1.61. The largest absolute Gasteiger partial charge is 0.454 e. The fraction of sp³-hybridized carbons (Fsp3) is 0.909. The number of ether oxygens (including phenoxy) is 1. The summed E-state index contributed by atoms with van der Waals surface area (Å²) in [5, 5.41) is 0. The first-order valence-electron chi connectivity index (χ1n) is 10.5. The zero-order chi connectivity index (χ0) is 18.0. The highest BCUT2D eigenvalue weighted by Gasteiger charge is 2.63. The van der Waals surface area contributed by atoms with Gasteiger partial charge in [-0.1, -0.05) is 27.2 Å². The number of fused-ring (bicyclic) bond motifs is 5. The van der Waals surface area contributed by atoms with Crippen LogP contribution in [0.1, 0.15) is 79.1 Å². The van der Waals surface area contributed by atoms with Crippen molar-refractivity contribution in [3.8, 4) is 0 Å². The first kappa shape index (κ1) is 17.5. The van der Waals surface area contributed by atoms with E-state index in [9.17, 15) is 9.59 Å². The van der Waals surface area contributed by atoms with Crippen molar-refractivity contribution in [2.24, 2.45) is 40.4 Å². The molecule has 0 amide bonds. The predicted molar refractivity (Wildman–Crippen MR) is 96.8 cm³/mol. The van der Waals surface area contributed by atoms with Crippen LogP contribution in [0.25, 0.3) is 0 Å². The second-order valence-electron chi connectivity index (χ2n) is 10.2. The molecule has 0 spiro atoms. The lowest BCUT2D eigenvalue weighted by Gasteiger charge is -2.60. The van der Waals surface area contributed by atoms with E-state index < -0.39 is 6.10 Å². The maximum Gasteiger partial charge on any atom is 0.303 e. The lowest BCUT2D eigenvalue weighted by molar-refractivity contribution is -0.165. The molecule has 0 saturated heterocycles. The molecular formula is C22H34O3. The molecule has 0 radical (unpaired) electrons. The van der Waals surface area contributed by atoms with Crippen LogP contribution in [0, 0.1) is 40.4 Å². The Morgan fingerprint density at radius 1 is 1.04 bits per heavy atom. The minimum atomic E-state index is -0.493. The van der Waals surface area contributed by atoms with Gasteiger partial charge in [-0.15, -0.1) is 0 Å². The quantitative estimate of drug-likeness (QED) is 0.642. The molecule has 0 heterocycles. The summed E-state index contributed by atoms with van der Waals surface area (Å²) in [4.78, 5) is 24.2. The number of carbonyl (C=O) groups is 2. The summed E-state index contributed by atoms with van der Waals surface area (Å²) in [6, 6.07) is 0. The van der Waals surface area contributed by atoms with Crippen LogP contribution in [0.5, 0.6) is 0 Å². The number of Topliss-reactive ketones (excluding diaryl/α,β-unsaturated/α-hetero) is 1. The van der Waals surface area contributed by atoms with Crippen molar-refractivity contribution in [3.05, 3.63) is 0 Å². The van der Waals surface area contributed by atoms with Crippen LogP contribution in [0.4, 0.5) is 0 Å². The molecule has 0 aliphatic heterocycles. The van der Waals surface area contributed by atoms with Gasteiger partial charge in [0.2, 0.25) is 0 Å². The Morgan fingerprint density at radius 3 is 2.48 bits per heavy atom. The Hall–Kier alpha value is -0.860. The normalized spacial score (nSPS) is 52.1. The SMILES string of the molecule is CC(=O)O[C@@H]1C(=O)C[C@@H]2[C@H]3CC[C@H]4C[C@@H](C)CC[C@@]4(C)[C@@H]3CC[C@@]12C. The number of carbonyl (C=O) groups excluding carboxylic acids is 2. The van der Waals surface area contributed by atoms with Crippen molar-refractivity contribution in [1.29, 1.82) is 0 Å². The third-order valence-electron chi connectivity index (χ3n) is 8.96. The molecule has 8 atom stereocenters. The first-order chi connectivity index (χ1) is 11.8. The smallest absolute Gasteiger partial charge is 0.303 e. The number of hydrogen-bond acceptors (Lipinski definition) is 3. The maximum absolute atomic E-state index is 12.7. The summed E-state index contributed by atoms with van der Waals surface area (Å²) in [5.41, 5.74) is 0.342. The molecule has 4 aliphatic rings. The lowest BCUT2D eigenvalue weighted by Crippen LogP contribution is -2.54. The van der Waals surface area contributed by atoms with E-state index in [0.717, 1.165) is 24.2 Å². The fourth-order valence-electron chi connectivity index (χ4n) is 7.59. The molecule has 0 bridgehead atoms. The average molecular weight is 347 g/mol. The van der Waals surface area contributed by atoms with Crippen molar-refractivity contribution in [1.82, 2.24) is 0 Å². The van der Waals surface area contributed by atoms with E-state index in [0.29, 0.717) is 23.7 Å². The van der Waals surface area contributed by atoms with E-state index in [2.05, 4.69) is 20.8 Å². The van der Waals surface area contributed by atoms with E-state index in [-0.39, 0.29) is 17.2 Å². The van der Waals surface area contributed by atoms with Gasteiger partial charge in [0, 0.05) is 18.8 Å². The summed E-state index contributed by atoms with van der Waals surface area (Å²) in [6.45, 7) is 8.64. The van der Waals surface area contributed by atoms with Crippen LogP contribution in [0.15, 0.2) is 0 Å². The standard InChI is InChI=1S/C22H34O3/c1-13-7-9-21(3)15(11-13)5-6-16-17(21)8-10-22(4)18(16)12-19(24)20(22)25-14(2)23/h13,15-18,20H,5-12H2,1-4H3/t13-,15-,16-,17+,18+,20+,21+,22+/m0/s1. The second kappa shape index (κ2) is 5.82. The Morgan fingerprint density at radius 2 is 1.76 bits per heavy atom. The Bertz CT molecular complexity index is 584. The lowest BCUT2D eigenvalue weighted by atomic mass is 9.44. The molecule has 3 heteroatoms. The molecule has 4 fully saturated rings. The molecule has 0 unspecified atom stereocenters. The van der Waals surface area contributed by atoms with E-state index in [1.54, 1.807) is 0 Å². The second-order valence-corrected chi connectivity index (χ2v) is 10.2. The van der Waals surface area contributed by atoms with Gasteiger partial charge in [-0.3, -0.25) is 9.59 Å². The third kappa shape index (κ3) is 2.51. The van der Waals surface area contributed by atoms with Crippen LogP contribution in [-0.4, -0.2) is 17.9 Å². The van der Waals surface area contributed by atoms with Crippen molar-refractivity contribution >= 4 is 11.8 Å². The third-order valence-corrected chi connectivity index (χ3v) is 8.96. The molecule has 4 saturated carbocycles. The van der Waals surface area contributed by atoms with Gasteiger partial charge < -0.3 is 4.74 Å².